The summed E-state index contributed by atoms with van der Waals surface area (Å²) in [6, 6.07) is 12.8. The summed E-state index contributed by atoms with van der Waals surface area (Å²) < 4.78 is 7.51. The normalized spacial score (nSPS) is 12.1. The molecule has 0 saturated carbocycles. The van der Waals surface area contributed by atoms with Gasteiger partial charge in [-0.05, 0) is 43.3 Å². The lowest BCUT2D eigenvalue weighted by Gasteiger charge is -2.20. The number of carbonyl (C=O) groups excluding carboxylic acids is 1. The predicted octanol–water partition coefficient (Wildman–Crippen LogP) is 3.40. The molecule has 0 aliphatic heterocycles. The van der Waals surface area contributed by atoms with E-state index in [0.717, 1.165) is 11.4 Å². The van der Waals surface area contributed by atoms with Crippen molar-refractivity contribution >= 4 is 34.9 Å². The van der Waals surface area contributed by atoms with Gasteiger partial charge in [0.1, 0.15) is 12.4 Å². The Bertz CT molecular complexity index is 884. The van der Waals surface area contributed by atoms with Gasteiger partial charge >= 0.3 is 0 Å². The van der Waals surface area contributed by atoms with E-state index in [1.54, 1.807) is 36.2 Å². The van der Waals surface area contributed by atoms with Crippen LogP contribution in [0.2, 0.25) is 5.02 Å². The fraction of sp³-hybridized carbons (Fsp3) is 0.278. The number of likely N-dealkylation sites (N-methyl/N-ethyl adjacent to an activating group) is 1. The Morgan fingerprint density at radius 1 is 1.27 bits per heavy atom. The van der Waals surface area contributed by atoms with Crippen LogP contribution in [0, 0.1) is 0 Å². The van der Waals surface area contributed by atoms with Crippen molar-refractivity contribution in [2.45, 2.75) is 17.3 Å². The van der Waals surface area contributed by atoms with Crippen LogP contribution in [0.15, 0.2) is 53.8 Å². The largest absolute Gasteiger partial charge is 0.492 e. The highest BCUT2D eigenvalue weighted by Crippen LogP contribution is 2.23. The van der Waals surface area contributed by atoms with E-state index in [2.05, 4.69) is 10.2 Å². The number of nitrogens with zero attached hydrogens (tertiary/aromatic N) is 4. The monoisotopic (exact) mass is 390 g/mol. The van der Waals surface area contributed by atoms with E-state index in [0.29, 0.717) is 23.3 Å². The topological polar surface area (TPSA) is 59.7 Å². The molecule has 0 radical (unpaired) electrons. The molecular formula is C18H19ClN4O2S. The van der Waals surface area contributed by atoms with Crippen LogP contribution in [-0.4, -0.2) is 50.9 Å². The van der Waals surface area contributed by atoms with Gasteiger partial charge in [-0.1, -0.05) is 29.4 Å². The zero-order valence-electron chi connectivity index (χ0n) is 14.5. The predicted molar refractivity (Wildman–Crippen MR) is 103 cm³/mol. The van der Waals surface area contributed by atoms with Crippen LogP contribution in [0.25, 0.3) is 5.65 Å². The van der Waals surface area contributed by atoms with Crippen LogP contribution >= 0.6 is 23.4 Å². The van der Waals surface area contributed by atoms with Crippen LogP contribution in [0.3, 0.4) is 0 Å². The minimum absolute atomic E-state index is 0.0161. The minimum atomic E-state index is -0.275. The molecule has 3 rings (SSSR count). The number of halogens is 1. The average Bonchev–Trinajstić information content (AvgIpc) is 3.05. The van der Waals surface area contributed by atoms with Crippen molar-refractivity contribution in [1.82, 2.24) is 19.5 Å². The van der Waals surface area contributed by atoms with Crippen molar-refractivity contribution in [1.29, 1.82) is 0 Å². The lowest BCUT2D eigenvalue weighted by molar-refractivity contribution is -0.129. The van der Waals surface area contributed by atoms with Gasteiger partial charge in [0.05, 0.1) is 11.8 Å². The molecule has 0 unspecified atom stereocenters. The minimum Gasteiger partial charge on any atom is -0.492 e. The fourth-order valence-corrected chi connectivity index (χ4v) is 3.44. The van der Waals surface area contributed by atoms with E-state index in [1.165, 1.54) is 11.8 Å². The highest BCUT2D eigenvalue weighted by Gasteiger charge is 2.21. The summed E-state index contributed by atoms with van der Waals surface area (Å²) in [4.78, 5) is 14.2. The third-order valence-corrected chi connectivity index (χ3v) is 5.09. The van der Waals surface area contributed by atoms with Gasteiger partial charge in [0, 0.05) is 18.3 Å². The van der Waals surface area contributed by atoms with Crippen molar-refractivity contribution in [2.24, 2.45) is 0 Å². The smallest absolute Gasteiger partial charge is 0.235 e. The Hall–Kier alpha value is -2.25. The summed E-state index contributed by atoms with van der Waals surface area (Å²) in [5.41, 5.74) is 0.763. The van der Waals surface area contributed by atoms with Gasteiger partial charge in [-0.15, -0.1) is 10.2 Å². The third kappa shape index (κ3) is 4.47. The van der Waals surface area contributed by atoms with Crippen molar-refractivity contribution in [3.8, 4) is 5.75 Å². The molecule has 136 valence electrons. The number of rotatable bonds is 7. The number of ether oxygens (including phenoxy) is 1. The van der Waals surface area contributed by atoms with Crippen LogP contribution in [0.5, 0.6) is 5.75 Å². The van der Waals surface area contributed by atoms with E-state index in [4.69, 9.17) is 16.3 Å². The molecule has 0 fully saturated rings. The first kappa shape index (κ1) is 18.5. The summed E-state index contributed by atoms with van der Waals surface area (Å²) in [6.45, 7) is 2.77. The second-order valence-electron chi connectivity index (χ2n) is 5.73. The van der Waals surface area contributed by atoms with Gasteiger partial charge < -0.3 is 9.64 Å². The SMILES string of the molecule is C[C@H](Sc1nnc2ccccn12)C(=O)N(C)CCOc1ccc(Cl)cc1. The standard InChI is InChI=1S/C18H19ClN4O2S/c1-13(26-18-21-20-16-5-3-4-10-23(16)18)17(24)22(2)11-12-25-15-8-6-14(19)7-9-15/h3-10,13H,11-12H2,1-2H3/t13-/m0/s1. The summed E-state index contributed by atoms with van der Waals surface area (Å²) in [7, 11) is 1.77. The third-order valence-electron chi connectivity index (χ3n) is 3.80. The van der Waals surface area contributed by atoms with E-state index in [9.17, 15) is 4.79 Å². The Labute approximate surface area is 161 Å². The van der Waals surface area contributed by atoms with Gasteiger partial charge in [-0.3, -0.25) is 9.20 Å². The molecule has 0 spiro atoms. The Balaban J connectivity index is 1.51. The van der Waals surface area contributed by atoms with Gasteiger partial charge in [0.25, 0.3) is 0 Å². The number of fused-ring (bicyclic) bond motifs is 1. The van der Waals surface area contributed by atoms with Crippen molar-refractivity contribution in [3.05, 3.63) is 53.7 Å². The molecule has 3 aromatic rings. The Kier molecular flexibility index (Phi) is 6.00. The summed E-state index contributed by atoms with van der Waals surface area (Å²) in [6.07, 6.45) is 1.89. The highest BCUT2D eigenvalue weighted by molar-refractivity contribution is 8.00. The second-order valence-corrected chi connectivity index (χ2v) is 7.48. The van der Waals surface area contributed by atoms with Crippen LogP contribution in [0.4, 0.5) is 0 Å². The molecule has 1 aromatic carbocycles. The molecule has 0 aliphatic rings. The van der Waals surface area contributed by atoms with E-state index < -0.39 is 0 Å². The number of thioether (sulfide) groups is 1. The maximum Gasteiger partial charge on any atom is 0.235 e. The molecule has 0 saturated heterocycles. The molecular weight excluding hydrogens is 372 g/mol. The zero-order valence-corrected chi connectivity index (χ0v) is 16.1. The molecule has 1 amide bonds. The van der Waals surface area contributed by atoms with Gasteiger partial charge in [-0.25, -0.2) is 0 Å². The molecule has 2 heterocycles. The average molecular weight is 391 g/mol. The van der Waals surface area contributed by atoms with Gasteiger partial charge in [0.15, 0.2) is 10.8 Å². The quantitative estimate of drug-likeness (QED) is 0.578. The zero-order chi connectivity index (χ0) is 18.5. The molecule has 26 heavy (non-hydrogen) atoms. The maximum absolute atomic E-state index is 12.6. The first-order valence-corrected chi connectivity index (χ1v) is 9.40. The lowest BCUT2D eigenvalue weighted by atomic mass is 10.3. The van der Waals surface area contributed by atoms with Crippen LogP contribution < -0.4 is 4.74 Å². The number of benzene rings is 1. The molecule has 1 atom stereocenters. The summed E-state index contributed by atoms with van der Waals surface area (Å²) in [5, 5.41) is 9.35. The molecule has 6 nitrogen and oxygen atoms in total. The number of hydrogen-bond donors (Lipinski definition) is 0. The first-order valence-electron chi connectivity index (χ1n) is 8.14. The maximum atomic E-state index is 12.6. The van der Waals surface area contributed by atoms with Gasteiger partial charge in [-0.2, -0.15) is 0 Å². The van der Waals surface area contributed by atoms with Crippen molar-refractivity contribution < 1.29 is 9.53 Å². The number of hydrogen-bond acceptors (Lipinski definition) is 5. The van der Waals surface area contributed by atoms with Crippen molar-refractivity contribution in [2.75, 3.05) is 20.2 Å². The number of amides is 1. The summed E-state index contributed by atoms with van der Waals surface area (Å²) in [5.74, 6) is 0.745. The van der Waals surface area contributed by atoms with E-state index in [-0.39, 0.29) is 11.2 Å². The molecule has 0 bridgehead atoms. The lowest BCUT2D eigenvalue weighted by Crippen LogP contribution is -2.36. The number of pyridine rings is 1. The van der Waals surface area contributed by atoms with Crippen LogP contribution in [0.1, 0.15) is 6.92 Å². The number of carbonyl (C=O) groups is 1. The first-order chi connectivity index (χ1) is 12.5. The van der Waals surface area contributed by atoms with E-state index >= 15 is 0 Å². The fourth-order valence-electron chi connectivity index (χ4n) is 2.36. The Morgan fingerprint density at radius 2 is 2.04 bits per heavy atom. The molecule has 0 N–H and O–H groups in total. The number of aromatic nitrogens is 3. The van der Waals surface area contributed by atoms with Gasteiger partial charge in [0.2, 0.25) is 5.91 Å². The molecule has 2 aromatic heterocycles. The Morgan fingerprint density at radius 3 is 2.81 bits per heavy atom. The second kappa shape index (κ2) is 8.42. The summed E-state index contributed by atoms with van der Waals surface area (Å²) >= 11 is 7.24. The van der Waals surface area contributed by atoms with Crippen LogP contribution in [-0.2, 0) is 4.79 Å². The highest BCUT2D eigenvalue weighted by atomic mass is 35.5. The van der Waals surface area contributed by atoms with Crippen molar-refractivity contribution in [3.63, 3.8) is 0 Å². The molecule has 0 aliphatic carbocycles. The van der Waals surface area contributed by atoms with E-state index in [1.807, 2.05) is 35.7 Å². The molecule has 8 heteroatoms.